The molecule has 3 heterocycles. The van der Waals surface area contributed by atoms with Crippen LogP contribution in [0, 0.1) is 20.8 Å². The summed E-state index contributed by atoms with van der Waals surface area (Å²) in [7, 11) is 0. The molecule has 158 valence electrons. The van der Waals surface area contributed by atoms with E-state index in [0.717, 1.165) is 11.1 Å². The molecule has 7 heteroatoms. The van der Waals surface area contributed by atoms with Crippen molar-refractivity contribution in [2.45, 2.75) is 52.6 Å². The summed E-state index contributed by atoms with van der Waals surface area (Å²) in [6, 6.07) is 3.98. The van der Waals surface area contributed by atoms with E-state index in [0.29, 0.717) is 67.5 Å². The van der Waals surface area contributed by atoms with Gasteiger partial charge in [-0.05, 0) is 44.9 Å². The lowest BCUT2D eigenvalue weighted by Gasteiger charge is -2.44. The summed E-state index contributed by atoms with van der Waals surface area (Å²) in [5.41, 5.74) is 2.63. The van der Waals surface area contributed by atoms with Crippen LogP contribution < -0.4 is 9.64 Å². The van der Waals surface area contributed by atoms with E-state index in [1.54, 1.807) is 13.8 Å². The van der Waals surface area contributed by atoms with Crippen LogP contribution in [-0.2, 0) is 4.74 Å². The normalized spacial score (nSPS) is 17.5. The fraction of sp³-hybridized carbons (Fsp3) is 0.478. The molecule has 30 heavy (non-hydrogen) atoms. The molecular weight excluding hydrogens is 382 g/mol. The number of carbonyl (C=O) groups is 2. The van der Waals surface area contributed by atoms with E-state index in [2.05, 4.69) is 14.9 Å². The number of aromatic nitrogens is 2. The van der Waals surface area contributed by atoms with Gasteiger partial charge < -0.3 is 14.4 Å². The van der Waals surface area contributed by atoms with Crippen molar-refractivity contribution in [2.24, 2.45) is 0 Å². The zero-order valence-corrected chi connectivity index (χ0v) is 17.9. The van der Waals surface area contributed by atoms with Crippen LogP contribution in [0.5, 0.6) is 5.75 Å². The van der Waals surface area contributed by atoms with E-state index in [1.807, 2.05) is 26.0 Å². The van der Waals surface area contributed by atoms with E-state index < -0.39 is 11.6 Å². The summed E-state index contributed by atoms with van der Waals surface area (Å²) >= 11 is 0. The van der Waals surface area contributed by atoms with Crippen LogP contribution >= 0.6 is 0 Å². The number of Topliss-reactive ketones (excluding diaryl/α,β-unsaturated/α-hetero) is 1. The van der Waals surface area contributed by atoms with Crippen LogP contribution in [0.1, 0.15) is 63.9 Å². The second kappa shape index (κ2) is 7.70. The van der Waals surface area contributed by atoms with Gasteiger partial charge in [0.15, 0.2) is 5.78 Å². The Bertz CT molecular complexity index is 1010. The summed E-state index contributed by atoms with van der Waals surface area (Å²) in [6.45, 7) is 9.11. The molecule has 0 saturated carbocycles. The summed E-state index contributed by atoms with van der Waals surface area (Å²) in [4.78, 5) is 36.0. The summed E-state index contributed by atoms with van der Waals surface area (Å²) in [5.74, 6) is 1.61. The zero-order chi connectivity index (χ0) is 21.5. The van der Waals surface area contributed by atoms with Gasteiger partial charge in [0.1, 0.15) is 28.6 Å². The minimum atomic E-state index is -0.507. The molecule has 1 fully saturated rings. The van der Waals surface area contributed by atoms with Gasteiger partial charge in [0.05, 0.1) is 18.6 Å². The third-order valence-electron chi connectivity index (χ3n) is 5.89. The van der Waals surface area contributed by atoms with Gasteiger partial charge in [-0.15, -0.1) is 0 Å². The van der Waals surface area contributed by atoms with Crippen molar-refractivity contribution in [2.75, 3.05) is 24.6 Å². The lowest BCUT2D eigenvalue weighted by molar-refractivity contribution is 0.0229. The van der Waals surface area contributed by atoms with Crippen molar-refractivity contribution in [3.8, 4) is 5.75 Å². The minimum Gasteiger partial charge on any atom is -0.486 e. The maximum absolute atomic E-state index is 12.9. The Hall–Kier alpha value is -2.96. The van der Waals surface area contributed by atoms with E-state index in [-0.39, 0.29) is 5.78 Å². The van der Waals surface area contributed by atoms with Gasteiger partial charge in [0, 0.05) is 32.1 Å². The molecule has 1 spiro atoms. The highest BCUT2D eigenvalue weighted by Crippen LogP contribution is 2.41. The number of fused-ring (bicyclic) bond motifs is 1. The number of anilines is 1. The molecule has 0 atom stereocenters. The predicted molar refractivity (Wildman–Crippen MR) is 112 cm³/mol. The Morgan fingerprint density at radius 1 is 1.23 bits per heavy atom. The molecule has 0 amide bonds. The molecule has 2 aromatic rings. The number of piperidine rings is 1. The highest BCUT2D eigenvalue weighted by molar-refractivity contribution is 6.02. The van der Waals surface area contributed by atoms with Crippen LogP contribution in [0.25, 0.3) is 0 Å². The Balaban J connectivity index is 1.57. The van der Waals surface area contributed by atoms with E-state index in [9.17, 15) is 9.59 Å². The SMILES string of the molecule is CCOC(=O)c1cnc(C)nc1N1CCC2(CC1)CC(=O)c1c(C)cc(C)cc1O2. The summed E-state index contributed by atoms with van der Waals surface area (Å²) < 4.78 is 11.6. The van der Waals surface area contributed by atoms with Crippen molar-refractivity contribution in [1.29, 1.82) is 0 Å². The molecule has 0 aliphatic carbocycles. The second-order valence-corrected chi connectivity index (χ2v) is 8.20. The number of ketones is 1. The van der Waals surface area contributed by atoms with Gasteiger partial charge in [0.2, 0.25) is 0 Å². The zero-order valence-electron chi connectivity index (χ0n) is 17.9. The number of carbonyl (C=O) groups excluding carboxylic acids is 2. The first kappa shape index (κ1) is 20.3. The number of rotatable bonds is 3. The maximum atomic E-state index is 12.9. The number of aryl methyl sites for hydroxylation is 3. The molecule has 1 saturated heterocycles. The molecule has 7 nitrogen and oxygen atoms in total. The quantitative estimate of drug-likeness (QED) is 0.717. The van der Waals surface area contributed by atoms with E-state index >= 15 is 0 Å². The molecule has 0 unspecified atom stereocenters. The molecule has 1 aromatic heterocycles. The summed E-state index contributed by atoms with van der Waals surface area (Å²) in [6.07, 6.45) is 3.26. The van der Waals surface area contributed by atoms with E-state index in [1.165, 1.54) is 6.20 Å². The van der Waals surface area contributed by atoms with Gasteiger partial charge in [-0.2, -0.15) is 0 Å². The maximum Gasteiger partial charge on any atom is 0.343 e. The minimum absolute atomic E-state index is 0.146. The Labute approximate surface area is 176 Å². The number of hydrogen-bond donors (Lipinski definition) is 0. The largest absolute Gasteiger partial charge is 0.486 e. The van der Waals surface area contributed by atoms with Crippen molar-refractivity contribution < 1.29 is 19.1 Å². The number of esters is 1. The van der Waals surface area contributed by atoms with Crippen LogP contribution in [0.3, 0.4) is 0 Å². The first-order chi connectivity index (χ1) is 14.3. The Morgan fingerprint density at radius 2 is 1.97 bits per heavy atom. The van der Waals surface area contributed by atoms with Gasteiger partial charge in [-0.3, -0.25) is 4.79 Å². The number of benzene rings is 1. The molecule has 0 bridgehead atoms. The van der Waals surface area contributed by atoms with Crippen LogP contribution in [0.15, 0.2) is 18.3 Å². The number of hydrogen-bond acceptors (Lipinski definition) is 7. The fourth-order valence-corrected chi connectivity index (χ4v) is 4.47. The topological polar surface area (TPSA) is 81.6 Å². The third-order valence-corrected chi connectivity index (χ3v) is 5.89. The monoisotopic (exact) mass is 409 g/mol. The lowest BCUT2D eigenvalue weighted by Crippen LogP contribution is -2.51. The summed E-state index contributed by atoms with van der Waals surface area (Å²) in [5, 5.41) is 0. The van der Waals surface area contributed by atoms with Crippen molar-refractivity contribution in [3.05, 3.63) is 46.4 Å². The van der Waals surface area contributed by atoms with E-state index in [4.69, 9.17) is 9.47 Å². The van der Waals surface area contributed by atoms with Crippen LogP contribution in [-0.4, -0.2) is 47.0 Å². The lowest BCUT2D eigenvalue weighted by atomic mass is 9.81. The molecule has 1 aromatic carbocycles. The molecular formula is C23H27N3O4. The average molecular weight is 409 g/mol. The Morgan fingerprint density at radius 3 is 2.67 bits per heavy atom. The standard InChI is InChI=1S/C23H27N3O4/c1-5-29-22(28)17-13-24-16(4)25-21(17)26-8-6-23(7-9-26)12-18(27)20-15(3)10-14(2)11-19(20)30-23/h10-11,13H,5-9,12H2,1-4H3. The van der Waals surface area contributed by atoms with Crippen molar-refractivity contribution in [1.82, 2.24) is 9.97 Å². The van der Waals surface area contributed by atoms with Crippen LogP contribution in [0.4, 0.5) is 5.82 Å². The van der Waals surface area contributed by atoms with Gasteiger partial charge in [-0.1, -0.05) is 6.07 Å². The van der Waals surface area contributed by atoms with Crippen molar-refractivity contribution in [3.63, 3.8) is 0 Å². The average Bonchev–Trinajstić information content (AvgIpc) is 2.67. The fourth-order valence-electron chi connectivity index (χ4n) is 4.47. The van der Waals surface area contributed by atoms with Gasteiger partial charge in [0.25, 0.3) is 0 Å². The highest BCUT2D eigenvalue weighted by atomic mass is 16.5. The molecule has 2 aliphatic heterocycles. The smallest absolute Gasteiger partial charge is 0.343 e. The Kier molecular flexibility index (Phi) is 5.22. The second-order valence-electron chi connectivity index (χ2n) is 8.20. The number of nitrogens with zero attached hydrogens (tertiary/aromatic N) is 3. The third kappa shape index (κ3) is 3.64. The molecule has 0 N–H and O–H groups in total. The van der Waals surface area contributed by atoms with Gasteiger partial charge >= 0.3 is 5.97 Å². The highest BCUT2D eigenvalue weighted by Gasteiger charge is 2.44. The molecule has 2 aliphatic rings. The van der Waals surface area contributed by atoms with Crippen LogP contribution in [0.2, 0.25) is 0 Å². The molecule has 4 rings (SSSR count). The molecule has 0 radical (unpaired) electrons. The predicted octanol–water partition coefficient (Wildman–Crippen LogP) is 3.58. The number of ether oxygens (including phenoxy) is 2. The van der Waals surface area contributed by atoms with Gasteiger partial charge in [-0.25, -0.2) is 14.8 Å². The first-order valence-corrected chi connectivity index (χ1v) is 10.4. The first-order valence-electron chi connectivity index (χ1n) is 10.4. The van der Waals surface area contributed by atoms with Crippen molar-refractivity contribution >= 4 is 17.6 Å².